The van der Waals surface area contributed by atoms with Gasteiger partial charge in [-0.1, -0.05) is 0 Å². The van der Waals surface area contributed by atoms with Gasteiger partial charge in [0.1, 0.15) is 16.6 Å². The summed E-state index contributed by atoms with van der Waals surface area (Å²) in [6.07, 6.45) is 1.82. The molecule has 1 N–H and O–H groups in total. The van der Waals surface area contributed by atoms with E-state index in [4.69, 9.17) is 0 Å². The Labute approximate surface area is 115 Å². The van der Waals surface area contributed by atoms with Crippen LogP contribution in [0, 0.1) is 18.6 Å². The zero-order chi connectivity index (χ0) is 14.0. The van der Waals surface area contributed by atoms with Crippen molar-refractivity contribution in [3.63, 3.8) is 0 Å². The SMILES string of the molecule is Cc1cnc(C(C)NC(C)c2cc(F)cc(F)c2)s1. The third-order valence-corrected chi connectivity index (χ3v) is 3.99. The van der Waals surface area contributed by atoms with Crippen molar-refractivity contribution in [2.45, 2.75) is 32.9 Å². The lowest BCUT2D eigenvalue weighted by atomic mass is 10.1. The molecule has 0 spiro atoms. The molecule has 0 aliphatic heterocycles. The van der Waals surface area contributed by atoms with Crippen molar-refractivity contribution in [3.05, 3.63) is 51.5 Å². The van der Waals surface area contributed by atoms with Crippen LogP contribution in [0.5, 0.6) is 0 Å². The molecule has 0 aliphatic carbocycles. The van der Waals surface area contributed by atoms with Crippen LogP contribution in [0.1, 0.15) is 41.4 Å². The van der Waals surface area contributed by atoms with Gasteiger partial charge in [-0.25, -0.2) is 13.8 Å². The van der Waals surface area contributed by atoms with Crippen LogP contribution in [0.3, 0.4) is 0 Å². The second-order valence-corrected chi connectivity index (χ2v) is 5.89. The average molecular weight is 282 g/mol. The first-order chi connectivity index (χ1) is 8.95. The largest absolute Gasteiger partial charge is 0.302 e. The maximum Gasteiger partial charge on any atom is 0.126 e. The van der Waals surface area contributed by atoms with Crippen molar-refractivity contribution >= 4 is 11.3 Å². The maximum absolute atomic E-state index is 13.2. The van der Waals surface area contributed by atoms with Crippen LogP contribution in [-0.2, 0) is 0 Å². The fraction of sp³-hybridized carbons (Fsp3) is 0.357. The Kier molecular flexibility index (Phi) is 4.27. The molecule has 1 heterocycles. The van der Waals surface area contributed by atoms with Crippen molar-refractivity contribution in [3.8, 4) is 0 Å². The van der Waals surface area contributed by atoms with Crippen LogP contribution in [-0.4, -0.2) is 4.98 Å². The van der Waals surface area contributed by atoms with E-state index in [1.807, 2.05) is 27.0 Å². The molecule has 2 atom stereocenters. The number of benzene rings is 1. The van der Waals surface area contributed by atoms with Crippen molar-refractivity contribution in [2.75, 3.05) is 0 Å². The molecule has 102 valence electrons. The first kappa shape index (κ1) is 14.1. The van der Waals surface area contributed by atoms with Crippen molar-refractivity contribution in [1.82, 2.24) is 10.3 Å². The van der Waals surface area contributed by atoms with Gasteiger partial charge in [-0.05, 0) is 38.5 Å². The summed E-state index contributed by atoms with van der Waals surface area (Å²) in [5.74, 6) is -1.11. The molecule has 1 aromatic carbocycles. The van der Waals surface area contributed by atoms with Crippen LogP contribution in [0.15, 0.2) is 24.4 Å². The molecule has 0 bridgehead atoms. The summed E-state index contributed by atoms with van der Waals surface area (Å²) in [5.41, 5.74) is 0.595. The topological polar surface area (TPSA) is 24.9 Å². The Morgan fingerprint density at radius 1 is 1.11 bits per heavy atom. The van der Waals surface area contributed by atoms with Gasteiger partial charge in [-0.2, -0.15) is 0 Å². The molecular weight excluding hydrogens is 266 g/mol. The third-order valence-electron chi connectivity index (χ3n) is 2.89. The zero-order valence-electron chi connectivity index (χ0n) is 11.1. The Morgan fingerprint density at radius 2 is 1.74 bits per heavy atom. The number of aryl methyl sites for hydroxylation is 1. The van der Waals surface area contributed by atoms with Gasteiger partial charge in [0.15, 0.2) is 0 Å². The first-order valence-corrected chi connectivity index (χ1v) is 6.91. The highest BCUT2D eigenvalue weighted by Crippen LogP contribution is 2.23. The number of hydrogen-bond donors (Lipinski definition) is 1. The Morgan fingerprint density at radius 3 is 2.26 bits per heavy atom. The molecule has 2 unspecified atom stereocenters. The minimum absolute atomic E-state index is 0.0417. The summed E-state index contributed by atoms with van der Waals surface area (Å²) in [4.78, 5) is 5.45. The van der Waals surface area contributed by atoms with Gasteiger partial charge < -0.3 is 5.32 Å². The zero-order valence-corrected chi connectivity index (χ0v) is 11.9. The van der Waals surface area contributed by atoms with Crippen LogP contribution in [0.25, 0.3) is 0 Å². The molecule has 2 aromatic rings. The lowest BCUT2D eigenvalue weighted by molar-refractivity contribution is 0.486. The highest BCUT2D eigenvalue weighted by atomic mass is 32.1. The summed E-state index contributed by atoms with van der Waals surface area (Å²) in [5, 5.41) is 4.27. The van der Waals surface area contributed by atoms with Gasteiger partial charge in [0.2, 0.25) is 0 Å². The Balaban J connectivity index is 2.10. The second kappa shape index (κ2) is 5.75. The van der Waals surface area contributed by atoms with E-state index in [9.17, 15) is 8.78 Å². The molecule has 2 nitrogen and oxygen atoms in total. The van der Waals surface area contributed by atoms with Crippen molar-refractivity contribution in [1.29, 1.82) is 0 Å². The fourth-order valence-corrected chi connectivity index (χ4v) is 2.73. The summed E-state index contributed by atoms with van der Waals surface area (Å²) in [6.45, 7) is 5.87. The lowest BCUT2D eigenvalue weighted by Crippen LogP contribution is -2.22. The molecule has 0 saturated heterocycles. The molecule has 0 amide bonds. The predicted molar refractivity (Wildman–Crippen MR) is 73.2 cm³/mol. The average Bonchev–Trinajstić information content (AvgIpc) is 2.74. The van der Waals surface area contributed by atoms with Crippen molar-refractivity contribution in [2.24, 2.45) is 0 Å². The normalized spacial score (nSPS) is 14.4. The highest BCUT2D eigenvalue weighted by molar-refractivity contribution is 7.11. The third kappa shape index (κ3) is 3.58. The summed E-state index contributed by atoms with van der Waals surface area (Å²) >= 11 is 1.62. The number of aromatic nitrogens is 1. The van der Waals surface area contributed by atoms with Gasteiger partial charge in [0, 0.05) is 23.2 Å². The van der Waals surface area contributed by atoms with Gasteiger partial charge in [-0.15, -0.1) is 11.3 Å². The van der Waals surface area contributed by atoms with Crippen LogP contribution in [0.2, 0.25) is 0 Å². The van der Waals surface area contributed by atoms with E-state index in [0.717, 1.165) is 16.0 Å². The number of halogens is 2. The van der Waals surface area contributed by atoms with E-state index in [0.29, 0.717) is 5.56 Å². The number of rotatable bonds is 4. The van der Waals surface area contributed by atoms with E-state index in [1.165, 1.54) is 12.1 Å². The molecular formula is C14H16F2N2S. The summed E-state index contributed by atoms with van der Waals surface area (Å²) < 4.78 is 26.3. The van der Waals surface area contributed by atoms with E-state index in [-0.39, 0.29) is 12.1 Å². The molecule has 0 saturated carbocycles. The fourth-order valence-electron chi connectivity index (χ4n) is 1.94. The predicted octanol–water partition coefficient (Wildman–Crippen LogP) is 4.14. The van der Waals surface area contributed by atoms with Crippen LogP contribution >= 0.6 is 11.3 Å². The molecule has 5 heteroatoms. The van der Waals surface area contributed by atoms with Gasteiger partial charge in [0.25, 0.3) is 0 Å². The van der Waals surface area contributed by atoms with Crippen LogP contribution in [0.4, 0.5) is 8.78 Å². The maximum atomic E-state index is 13.2. The van der Waals surface area contributed by atoms with E-state index >= 15 is 0 Å². The molecule has 0 radical (unpaired) electrons. The number of thiazole rings is 1. The molecule has 0 aliphatic rings. The Hall–Kier alpha value is -1.33. The summed E-state index contributed by atoms with van der Waals surface area (Å²) in [6, 6.07) is 3.47. The molecule has 2 rings (SSSR count). The summed E-state index contributed by atoms with van der Waals surface area (Å²) in [7, 11) is 0. The van der Waals surface area contributed by atoms with Crippen molar-refractivity contribution < 1.29 is 8.78 Å². The minimum atomic E-state index is -0.554. The standard InChI is InChI=1S/C14H16F2N2S/c1-8-7-17-14(19-8)10(3)18-9(2)11-4-12(15)6-13(16)5-11/h4-7,9-10,18H,1-3H3. The minimum Gasteiger partial charge on any atom is -0.302 e. The van der Waals surface area contributed by atoms with Crippen LogP contribution < -0.4 is 5.32 Å². The first-order valence-electron chi connectivity index (χ1n) is 6.10. The monoisotopic (exact) mass is 282 g/mol. The Bertz CT molecular complexity index is 548. The quantitative estimate of drug-likeness (QED) is 0.911. The number of nitrogens with zero attached hydrogens (tertiary/aromatic N) is 1. The van der Waals surface area contributed by atoms with E-state index in [1.54, 1.807) is 11.3 Å². The smallest absolute Gasteiger partial charge is 0.126 e. The second-order valence-electron chi connectivity index (χ2n) is 4.62. The molecule has 1 aromatic heterocycles. The van der Waals surface area contributed by atoms with Gasteiger partial charge in [-0.3, -0.25) is 0 Å². The highest BCUT2D eigenvalue weighted by Gasteiger charge is 2.15. The van der Waals surface area contributed by atoms with Gasteiger partial charge in [0.05, 0.1) is 6.04 Å². The van der Waals surface area contributed by atoms with E-state index < -0.39 is 11.6 Å². The molecule has 0 fully saturated rings. The molecule has 19 heavy (non-hydrogen) atoms. The number of hydrogen-bond acceptors (Lipinski definition) is 3. The number of nitrogens with one attached hydrogen (secondary N) is 1. The lowest BCUT2D eigenvalue weighted by Gasteiger charge is -2.19. The van der Waals surface area contributed by atoms with E-state index in [2.05, 4.69) is 10.3 Å². The van der Waals surface area contributed by atoms with Gasteiger partial charge >= 0.3 is 0 Å².